The monoisotopic (exact) mass is 583 g/mol. The van der Waals surface area contributed by atoms with Crippen LogP contribution in [0.4, 0.5) is 0 Å². The highest BCUT2D eigenvalue weighted by Gasteiger charge is 2.03. The number of unbranched alkanes of at least 4 members (excludes halogenated alkanes) is 27. The van der Waals surface area contributed by atoms with Gasteiger partial charge in [-0.05, 0) is 19.3 Å². The van der Waals surface area contributed by atoms with Gasteiger partial charge in [-0.1, -0.05) is 194 Å². The van der Waals surface area contributed by atoms with Crippen LogP contribution >= 0.6 is 0 Å². The predicted octanol–water partition coefficient (Wildman–Crippen LogP) is 8.97. The molecule has 41 heavy (non-hydrogen) atoms. The smallest absolute Gasteiger partial charge is 0.0933 e. The highest BCUT2D eigenvalue weighted by molar-refractivity contribution is 5.69. The molecule has 5 heteroatoms. The largest absolute Gasteiger partial charge is 0.550 e. The van der Waals surface area contributed by atoms with E-state index in [1.165, 1.54) is 154 Å². The van der Waals surface area contributed by atoms with Gasteiger partial charge in [-0.2, -0.15) is 0 Å². The van der Waals surface area contributed by atoms with E-state index in [0.29, 0.717) is 6.42 Å². The Kier molecular flexibility index (Phi) is 37.9. The summed E-state index contributed by atoms with van der Waals surface area (Å²) in [5.74, 6) is -2.25. The minimum atomic E-state index is -1.34. The summed E-state index contributed by atoms with van der Waals surface area (Å²) >= 11 is 0. The van der Waals surface area contributed by atoms with Crippen LogP contribution in [0, 0.1) is 0 Å². The van der Waals surface area contributed by atoms with Crippen molar-refractivity contribution in [1.82, 2.24) is 0 Å². The average molecular weight is 583 g/mol. The molecular weight excluding hydrogens is 512 g/mol. The molecule has 0 spiro atoms. The van der Waals surface area contributed by atoms with E-state index in [9.17, 15) is 19.8 Å². The number of carbonyl (C=O) groups excluding carboxylic acids is 2. The van der Waals surface area contributed by atoms with Gasteiger partial charge in [0, 0.05) is 5.97 Å². The summed E-state index contributed by atoms with van der Waals surface area (Å²) in [6.45, 7) is 4.52. The van der Waals surface area contributed by atoms with E-state index >= 15 is 0 Å². The summed E-state index contributed by atoms with van der Waals surface area (Å²) in [6.07, 6.45) is 36.8. The zero-order chi connectivity index (χ0) is 30.7. The first kappa shape index (κ1) is 42.0. The van der Waals surface area contributed by atoms with Gasteiger partial charge < -0.3 is 24.9 Å². The second-order valence-electron chi connectivity index (χ2n) is 12.3. The van der Waals surface area contributed by atoms with Gasteiger partial charge in [-0.3, -0.25) is 0 Å². The van der Waals surface area contributed by atoms with Gasteiger partial charge in [0.1, 0.15) is 0 Å². The number of aliphatic carboxylic acids is 2. The number of hydrogen-bond acceptors (Lipinski definition) is 5. The molecule has 0 aromatic rings. The van der Waals surface area contributed by atoms with Crippen LogP contribution in [0.5, 0.6) is 0 Å². The van der Waals surface area contributed by atoms with Crippen molar-refractivity contribution in [2.75, 3.05) is 0 Å². The molecule has 5 nitrogen and oxygen atoms in total. The Morgan fingerprint density at radius 2 is 0.683 bits per heavy atom. The SMILES string of the molecule is CCCCCCCCCCCCCCCCC(O)C(=O)[O-].CCCCCCCCCCCCCCCCCC(=O)[O-]. The number of carbonyl (C=O) groups is 2. The maximum absolute atomic E-state index is 10.3. The van der Waals surface area contributed by atoms with Gasteiger partial charge >= 0.3 is 0 Å². The standard InChI is InChI=1S/C18H36O3.C18H36O2/c1-2-3-4-5-6-7-8-9-10-11-12-13-14-15-16-17(19)18(20)21;1-2-3-4-5-6-7-8-9-10-11-12-13-14-15-16-17-18(19)20/h17,19H,2-16H2,1H3,(H,20,21);2-17H2,1H3,(H,19,20)/p-2. The van der Waals surface area contributed by atoms with Crippen molar-refractivity contribution in [3.05, 3.63) is 0 Å². The van der Waals surface area contributed by atoms with Crippen LogP contribution in [0.2, 0.25) is 0 Å². The summed E-state index contributed by atoms with van der Waals surface area (Å²) in [7, 11) is 0. The fourth-order valence-electron chi connectivity index (χ4n) is 5.29. The van der Waals surface area contributed by atoms with E-state index in [-0.39, 0.29) is 6.42 Å². The molecule has 0 heterocycles. The minimum Gasteiger partial charge on any atom is -0.550 e. The normalized spacial score (nSPS) is 11.7. The summed E-state index contributed by atoms with van der Waals surface area (Å²) < 4.78 is 0. The molecule has 0 fully saturated rings. The van der Waals surface area contributed by atoms with Gasteiger partial charge in [-0.15, -0.1) is 0 Å². The molecule has 246 valence electrons. The van der Waals surface area contributed by atoms with E-state index in [1.807, 2.05) is 0 Å². The van der Waals surface area contributed by atoms with E-state index in [1.54, 1.807) is 0 Å². The fraction of sp³-hybridized carbons (Fsp3) is 0.944. The number of carboxylic acids is 2. The number of aliphatic hydroxyl groups excluding tert-OH is 1. The third kappa shape index (κ3) is 41.1. The van der Waals surface area contributed by atoms with Crippen molar-refractivity contribution >= 4 is 11.9 Å². The highest BCUT2D eigenvalue weighted by atomic mass is 16.4. The summed E-state index contributed by atoms with van der Waals surface area (Å²) in [4.78, 5) is 20.5. The van der Waals surface area contributed by atoms with Crippen LogP contribution in [0.3, 0.4) is 0 Å². The Morgan fingerprint density at radius 1 is 0.439 bits per heavy atom. The maximum Gasteiger partial charge on any atom is 0.0933 e. The number of aliphatic hydroxyl groups is 1. The Hall–Kier alpha value is -1.10. The lowest BCUT2D eigenvalue weighted by atomic mass is 10.0. The van der Waals surface area contributed by atoms with Crippen LogP contribution in [-0.2, 0) is 9.59 Å². The third-order valence-corrected chi connectivity index (χ3v) is 8.09. The second-order valence-corrected chi connectivity index (χ2v) is 12.3. The minimum absolute atomic E-state index is 0.234. The lowest BCUT2D eigenvalue weighted by molar-refractivity contribution is -0.315. The van der Waals surface area contributed by atoms with E-state index in [4.69, 9.17) is 5.11 Å². The van der Waals surface area contributed by atoms with Crippen molar-refractivity contribution in [2.45, 2.75) is 219 Å². The first-order valence-electron chi connectivity index (χ1n) is 18.0. The first-order chi connectivity index (χ1) is 20.0. The first-order valence-corrected chi connectivity index (χ1v) is 18.0. The zero-order valence-electron chi connectivity index (χ0n) is 27.6. The predicted molar refractivity (Wildman–Crippen MR) is 170 cm³/mol. The molecule has 0 aliphatic heterocycles. The molecule has 0 rings (SSSR count). The van der Waals surface area contributed by atoms with E-state index in [2.05, 4.69) is 13.8 Å². The highest BCUT2D eigenvalue weighted by Crippen LogP contribution is 2.15. The Morgan fingerprint density at radius 3 is 0.927 bits per heavy atom. The molecule has 0 saturated heterocycles. The molecule has 1 atom stereocenters. The van der Waals surface area contributed by atoms with Crippen molar-refractivity contribution in [2.24, 2.45) is 0 Å². The molecule has 1 unspecified atom stereocenters. The second kappa shape index (κ2) is 36.9. The molecule has 0 bridgehead atoms. The van der Waals surface area contributed by atoms with Gasteiger partial charge in [-0.25, -0.2) is 0 Å². The molecule has 0 aromatic heterocycles. The van der Waals surface area contributed by atoms with Crippen LogP contribution in [0.1, 0.15) is 213 Å². The molecule has 0 radical (unpaired) electrons. The number of rotatable bonds is 32. The van der Waals surface area contributed by atoms with Crippen LogP contribution in [-0.4, -0.2) is 23.1 Å². The molecule has 0 saturated carbocycles. The van der Waals surface area contributed by atoms with Crippen molar-refractivity contribution < 1.29 is 24.9 Å². The number of carboxylic acid groups (broad SMARTS) is 2. The maximum atomic E-state index is 10.3. The topological polar surface area (TPSA) is 100 Å². The summed E-state index contributed by atoms with van der Waals surface area (Å²) in [6, 6.07) is 0. The summed E-state index contributed by atoms with van der Waals surface area (Å²) in [5, 5.41) is 29.6. The Bertz CT molecular complexity index is 522. The Balaban J connectivity index is 0. The molecule has 0 aliphatic carbocycles. The third-order valence-electron chi connectivity index (χ3n) is 8.09. The lowest BCUT2D eigenvalue weighted by Gasteiger charge is -2.10. The Labute approximate surface area is 255 Å². The summed E-state index contributed by atoms with van der Waals surface area (Å²) in [5.41, 5.74) is 0. The van der Waals surface area contributed by atoms with Crippen LogP contribution in [0.25, 0.3) is 0 Å². The molecule has 0 amide bonds. The average Bonchev–Trinajstić information content (AvgIpc) is 2.95. The van der Waals surface area contributed by atoms with Gasteiger partial charge in [0.15, 0.2) is 0 Å². The van der Waals surface area contributed by atoms with Crippen LogP contribution < -0.4 is 10.2 Å². The zero-order valence-corrected chi connectivity index (χ0v) is 27.6. The van der Waals surface area contributed by atoms with Gasteiger partial charge in [0.2, 0.25) is 0 Å². The quantitative estimate of drug-likeness (QED) is 0.0798. The van der Waals surface area contributed by atoms with E-state index in [0.717, 1.165) is 32.1 Å². The van der Waals surface area contributed by atoms with E-state index < -0.39 is 18.0 Å². The fourth-order valence-corrected chi connectivity index (χ4v) is 5.29. The molecule has 0 aliphatic rings. The van der Waals surface area contributed by atoms with Gasteiger partial charge in [0.25, 0.3) is 0 Å². The lowest BCUT2D eigenvalue weighted by Crippen LogP contribution is -2.35. The molecular formula is C36H70O5-2. The van der Waals surface area contributed by atoms with Crippen molar-refractivity contribution in [3.63, 3.8) is 0 Å². The van der Waals surface area contributed by atoms with Gasteiger partial charge in [0.05, 0.1) is 12.1 Å². The van der Waals surface area contributed by atoms with Crippen LogP contribution in [0.15, 0.2) is 0 Å². The van der Waals surface area contributed by atoms with Crippen molar-refractivity contribution in [1.29, 1.82) is 0 Å². The number of hydrogen-bond donors (Lipinski definition) is 1. The molecule has 1 N–H and O–H groups in total. The molecule has 0 aromatic carbocycles. The van der Waals surface area contributed by atoms with Crippen molar-refractivity contribution in [3.8, 4) is 0 Å².